The molecule has 0 spiro atoms. The quantitative estimate of drug-likeness (QED) is 0.130. The maximum Gasteiger partial charge on any atom is 0.240 e. The maximum absolute atomic E-state index is 12.4. The predicted molar refractivity (Wildman–Crippen MR) is 118 cm³/mol. The van der Waals surface area contributed by atoms with Crippen molar-refractivity contribution in [1.82, 2.24) is 5.32 Å². The number of hydrogen-bond donors (Lipinski definition) is 4. The van der Waals surface area contributed by atoms with Crippen LogP contribution in [0.3, 0.4) is 0 Å². The summed E-state index contributed by atoms with van der Waals surface area (Å²) in [7, 11) is 7.85. The molecule has 7 N–H and O–H groups in total. The molecular formula is C16H30B4N4O2. The van der Waals surface area contributed by atoms with Gasteiger partial charge in [-0.3, -0.25) is 9.59 Å². The number of nitrogens with one attached hydrogen (secondary N) is 1. The Labute approximate surface area is 160 Å². The first-order chi connectivity index (χ1) is 12.2. The van der Waals surface area contributed by atoms with Crippen molar-refractivity contribution in [2.45, 2.75) is 44.1 Å². The van der Waals surface area contributed by atoms with E-state index in [4.69, 9.17) is 23.6 Å². The number of hydrogen-bond acceptors (Lipinski definition) is 4. The maximum atomic E-state index is 12.4. The van der Waals surface area contributed by atoms with Gasteiger partial charge in [-0.15, -0.1) is 6.42 Å². The summed E-state index contributed by atoms with van der Waals surface area (Å²) in [4.78, 5) is 23.9. The number of amides is 2. The number of carbonyl (C=O) groups excluding carboxylic acids is 2. The van der Waals surface area contributed by atoms with E-state index in [1.165, 1.54) is 0 Å². The molecule has 138 valence electrons. The van der Waals surface area contributed by atoms with E-state index in [9.17, 15) is 9.59 Å². The molecule has 0 aliphatic carbocycles. The number of unbranched alkanes of at least 4 members (excludes halogenated alkanes) is 1. The van der Waals surface area contributed by atoms with E-state index in [1.54, 1.807) is 0 Å². The molecule has 2 amide bonds. The van der Waals surface area contributed by atoms with Crippen molar-refractivity contribution in [3.8, 4) is 12.3 Å². The van der Waals surface area contributed by atoms with Gasteiger partial charge in [0.05, 0.1) is 6.04 Å². The summed E-state index contributed by atoms with van der Waals surface area (Å²) in [5, 5.41) is 2.66. The van der Waals surface area contributed by atoms with Crippen LogP contribution >= 0.6 is 0 Å². The van der Waals surface area contributed by atoms with Gasteiger partial charge in [-0.2, -0.15) is 0 Å². The number of allylic oxidation sites excluding steroid dienone is 3. The Morgan fingerprint density at radius 2 is 1.77 bits per heavy atom. The standard InChI is InChI=1S/C16H30B4N4O2/c1-2-10(18)14(20)13(19)9(8-17)7-11(22)16(26)24-12(15(23)25)5-3-4-6-21/h1,11-12H,3-8,17-22H2,(H2,23,25)(H,24,26)/b13-9+,14-10-/t11-,12-/m0/s1. The second kappa shape index (κ2) is 12.5. The fourth-order valence-electron chi connectivity index (χ4n) is 2.63. The highest BCUT2D eigenvalue weighted by Crippen LogP contribution is 2.18. The lowest BCUT2D eigenvalue weighted by molar-refractivity contribution is -0.128. The van der Waals surface area contributed by atoms with Crippen LogP contribution in [-0.4, -0.2) is 61.8 Å². The minimum atomic E-state index is -0.754. The second-order valence-electron chi connectivity index (χ2n) is 6.54. The number of terminal acetylenes is 1. The normalized spacial score (nSPS) is 15.1. The molecule has 26 heavy (non-hydrogen) atoms. The van der Waals surface area contributed by atoms with Crippen LogP contribution in [0.25, 0.3) is 0 Å². The zero-order valence-corrected chi connectivity index (χ0v) is 16.5. The summed E-state index contributed by atoms with van der Waals surface area (Å²) in [6.07, 6.45) is 8.58. The Balaban J connectivity index is 5.11. The van der Waals surface area contributed by atoms with Gasteiger partial charge < -0.3 is 22.5 Å². The predicted octanol–water partition coefficient (Wildman–Crippen LogP) is -4.15. The minimum Gasteiger partial charge on any atom is -0.368 e. The molecule has 0 radical (unpaired) electrons. The molecule has 6 nitrogen and oxygen atoms in total. The molecule has 0 aliphatic heterocycles. The number of carbonyl (C=O) groups is 2. The van der Waals surface area contributed by atoms with Crippen molar-refractivity contribution in [1.29, 1.82) is 0 Å². The van der Waals surface area contributed by atoms with Crippen molar-refractivity contribution in [2.75, 3.05) is 6.54 Å². The number of primary amides is 1. The van der Waals surface area contributed by atoms with Crippen LogP contribution in [-0.2, 0) is 9.59 Å². The van der Waals surface area contributed by atoms with Crippen molar-refractivity contribution in [3.63, 3.8) is 0 Å². The molecular weight excluding hydrogens is 323 g/mol. The van der Waals surface area contributed by atoms with E-state index in [2.05, 4.69) is 11.2 Å². The van der Waals surface area contributed by atoms with Crippen molar-refractivity contribution >= 4 is 43.2 Å². The van der Waals surface area contributed by atoms with Crippen molar-refractivity contribution < 1.29 is 9.59 Å². The molecule has 0 fully saturated rings. The van der Waals surface area contributed by atoms with Crippen molar-refractivity contribution in [3.05, 3.63) is 22.0 Å². The summed E-state index contributed by atoms with van der Waals surface area (Å²) in [5.41, 5.74) is 20.9. The molecule has 10 heteroatoms. The Bertz CT molecular complexity index is 614. The summed E-state index contributed by atoms with van der Waals surface area (Å²) in [5.74, 6) is 1.70. The van der Waals surface area contributed by atoms with Gasteiger partial charge in [0.25, 0.3) is 0 Å². The third-order valence-electron chi connectivity index (χ3n) is 4.71. The molecule has 0 bridgehead atoms. The lowest BCUT2D eigenvalue weighted by Gasteiger charge is -2.21. The largest absolute Gasteiger partial charge is 0.368 e. The van der Waals surface area contributed by atoms with E-state index in [1.807, 2.05) is 31.4 Å². The van der Waals surface area contributed by atoms with Gasteiger partial charge in [0.15, 0.2) is 0 Å². The fourth-order valence-corrected chi connectivity index (χ4v) is 2.63. The highest BCUT2D eigenvalue weighted by Gasteiger charge is 2.22. The third kappa shape index (κ3) is 8.03. The molecule has 0 aromatic heterocycles. The first kappa shape index (κ1) is 24.2. The Morgan fingerprint density at radius 1 is 1.15 bits per heavy atom. The van der Waals surface area contributed by atoms with Gasteiger partial charge in [-0.05, 0) is 37.7 Å². The van der Waals surface area contributed by atoms with Crippen LogP contribution in [0.5, 0.6) is 0 Å². The average molecular weight is 354 g/mol. The highest BCUT2D eigenvalue weighted by molar-refractivity contribution is 6.42. The van der Waals surface area contributed by atoms with Gasteiger partial charge in [-0.1, -0.05) is 28.8 Å². The molecule has 0 heterocycles. The van der Waals surface area contributed by atoms with Gasteiger partial charge in [0, 0.05) is 0 Å². The molecule has 0 aromatic rings. The molecule has 0 aliphatic rings. The lowest BCUT2D eigenvalue weighted by atomic mass is 9.67. The molecule has 0 rings (SSSR count). The van der Waals surface area contributed by atoms with Crippen LogP contribution in [0, 0.1) is 12.3 Å². The van der Waals surface area contributed by atoms with Gasteiger partial charge in [-0.25, -0.2) is 0 Å². The molecule has 2 atom stereocenters. The summed E-state index contributed by atoms with van der Waals surface area (Å²) in [6, 6.07) is -1.48. The molecule has 0 saturated carbocycles. The first-order valence-electron chi connectivity index (χ1n) is 9.07. The zero-order chi connectivity index (χ0) is 20.3. The topological polar surface area (TPSA) is 124 Å². The lowest BCUT2D eigenvalue weighted by Crippen LogP contribution is -2.50. The molecule has 0 aromatic carbocycles. The summed E-state index contributed by atoms with van der Waals surface area (Å²) < 4.78 is 0. The first-order valence-corrected chi connectivity index (χ1v) is 9.07. The van der Waals surface area contributed by atoms with Crippen LogP contribution in [0.1, 0.15) is 25.7 Å². The fraction of sp³-hybridized carbons (Fsp3) is 0.500. The second-order valence-corrected chi connectivity index (χ2v) is 6.54. The Hall–Kier alpha value is -1.84. The van der Waals surface area contributed by atoms with Crippen molar-refractivity contribution in [2.24, 2.45) is 17.2 Å². The van der Waals surface area contributed by atoms with Crippen LogP contribution in [0.4, 0.5) is 0 Å². The van der Waals surface area contributed by atoms with E-state index in [-0.39, 0.29) is 5.91 Å². The summed E-state index contributed by atoms with van der Waals surface area (Å²) in [6.45, 7) is 0.535. The Kier molecular flexibility index (Phi) is 11.6. The number of rotatable bonds is 11. The van der Waals surface area contributed by atoms with E-state index in [0.29, 0.717) is 25.8 Å². The average Bonchev–Trinajstić information content (AvgIpc) is 2.62. The highest BCUT2D eigenvalue weighted by atomic mass is 16.2. The van der Waals surface area contributed by atoms with E-state index in [0.717, 1.165) is 34.7 Å². The van der Waals surface area contributed by atoms with Crippen LogP contribution in [0.2, 0.25) is 6.32 Å². The Morgan fingerprint density at radius 3 is 2.23 bits per heavy atom. The summed E-state index contributed by atoms with van der Waals surface area (Å²) >= 11 is 0. The van der Waals surface area contributed by atoms with E-state index < -0.39 is 18.0 Å². The molecule has 0 saturated heterocycles. The van der Waals surface area contributed by atoms with Gasteiger partial charge in [0.1, 0.15) is 37.4 Å². The third-order valence-corrected chi connectivity index (χ3v) is 4.71. The van der Waals surface area contributed by atoms with Gasteiger partial charge in [0.2, 0.25) is 11.8 Å². The van der Waals surface area contributed by atoms with Crippen LogP contribution in [0.15, 0.2) is 22.0 Å². The zero-order valence-electron chi connectivity index (χ0n) is 16.5. The number of nitrogens with two attached hydrogens (primary N) is 3. The smallest absolute Gasteiger partial charge is 0.240 e. The SMILES string of the molecule is BC/C(C[C@H](N)C(=O)N[C@@H](CCCCN)C(N)=O)=C(B)\C(B)=C(\B)C#C. The minimum absolute atomic E-state index is 0.379. The van der Waals surface area contributed by atoms with E-state index >= 15 is 0 Å². The van der Waals surface area contributed by atoms with Gasteiger partial charge >= 0.3 is 0 Å². The van der Waals surface area contributed by atoms with Crippen LogP contribution < -0.4 is 22.5 Å². The monoisotopic (exact) mass is 354 g/mol. The molecule has 0 unspecified atom stereocenters.